The minimum Gasteiger partial charge on any atom is -0.261 e. The fourth-order valence-corrected chi connectivity index (χ4v) is 3.45. The van der Waals surface area contributed by atoms with E-state index < -0.39 is 5.82 Å². The van der Waals surface area contributed by atoms with Crippen LogP contribution in [0.1, 0.15) is 5.56 Å². The molecular weight excluding hydrogens is 355 g/mol. The summed E-state index contributed by atoms with van der Waals surface area (Å²) in [7, 11) is 0. The predicted molar refractivity (Wildman–Crippen MR) is 80.9 cm³/mol. The van der Waals surface area contributed by atoms with Gasteiger partial charge in [-0.05, 0) is 34.1 Å². The number of halogens is 2. The van der Waals surface area contributed by atoms with Crippen LogP contribution in [0.15, 0.2) is 41.4 Å². The Kier molecular flexibility index (Phi) is 3.73. The van der Waals surface area contributed by atoms with Crippen molar-refractivity contribution in [3.63, 3.8) is 0 Å². The first-order valence-electron chi connectivity index (χ1n) is 5.82. The molecule has 3 rings (SSSR count). The Morgan fingerprint density at radius 1 is 1.33 bits per heavy atom. The molecule has 3 aromatic rings. The molecule has 0 saturated heterocycles. The van der Waals surface area contributed by atoms with E-state index in [1.54, 1.807) is 24.5 Å². The summed E-state index contributed by atoms with van der Waals surface area (Å²) in [5.41, 5.74) is 1.60. The second kappa shape index (κ2) is 5.68. The van der Waals surface area contributed by atoms with Gasteiger partial charge in [0.1, 0.15) is 27.2 Å². The maximum atomic E-state index is 13.2. The average molecular weight is 361 g/mol. The summed E-state index contributed by atoms with van der Waals surface area (Å²) in [5, 5.41) is 9.76. The van der Waals surface area contributed by atoms with Gasteiger partial charge in [0.15, 0.2) is 0 Å². The standard InChI is InChI=1S/C14H6BrFN4S/c15-13-12(11-8(5-17)2-1-3-19-11)21-14(20-13)9-4-10(16)7-18-6-9/h1-4,6-7H. The Labute approximate surface area is 132 Å². The van der Waals surface area contributed by atoms with E-state index in [1.165, 1.54) is 17.4 Å². The molecule has 0 bridgehead atoms. The lowest BCUT2D eigenvalue weighted by molar-refractivity contribution is 0.622. The van der Waals surface area contributed by atoms with E-state index in [1.807, 2.05) is 0 Å². The molecule has 0 atom stereocenters. The van der Waals surface area contributed by atoms with Crippen LogP contribution in [-0.4, -0.2) is 15.0 Å². The predicted octanol–water partition coefficient (Wildman–Crippen LogP) is 4.04. The maximum absolute atomic E-state index is 13.2. The van der Waals surface area contributed by atoms with E-state index in [-0.39, 0.29) is 0 Å². The molecule has 0 unspecified atom stereocenters. The van der Waals surface area contributed by atoms with Crippen LogP contribution in [0.3, 0.4) is 0 Å². The normalized spacial score (nSPS) is 10.3. The van der Waals surface area contributed by atoms with Crippen molar-refractivity contribution in [3.05, 3.63) is 52.8 Å². The number of thiazole rings is 1. The average Bonchev–Trinajstić information content (AvgIpc) is 2.89. The fraction of sp³-hybridized carbons (Fsp3) is 0. The highest BCUT2D eigenvalue weighted by molar-refractivity contribution is 9.10. The molecule has 0 spiro atoms. The molecule has 0 saturated carbocycles. The van der Waals surface area contributed by atoms with Gasteiger partial charge in [0, 0.05) is 18.0 Å². The van der Waals surface area contributed by atoms with Gasteiger partial charge in [-0.1, -0.05) is 0 Å². The molecular formula is C14H6BrFN4S. The van der Waals surface area contributed by atoms with E-state index in [4.69, 9.17) is 5.26 Å². The van der Waals surface area contributed by atoms with Gasteiger partial charge in [-0.15, -0.1) is 11.3 Å². The van der Waals surface area contributed by atoms with E-state index in [9.17, 15) is 4.39 Å². The lowest BCUT2D eigenvalue weighted by atomic mass is 10.2. The molecule has 0 N–H and O–H groups in total. The molecule has 0 aliphatic rings. The quantitative estimate of drug-likeness (QED) is 0.691. The first-order valence-corrected chi connectivity index (χ1v) is 7.42. The number of aromatic nitrogens is 3. The van der Waals surface area contributed by atoms with E-state index in [0.717, 1.165) is 11.1 Å². The third kappa shape index (κ3) is 2.68. The molecule has 0 amide bonds. The SMILES string of the molecule is N#Cc1cccnc1-c1sc(-c2cncc(F)c2)nc1Br. The lowest BCUT2D eigenvalue weighted by Crippen LogP contribution is -1.86. The third-order valence-corrected chi connectivity index (χ3v) is 4.63. The van der Waals surface area contributed by atoms with Gasteiger partial charge < -0.3 is 0 Å². The summed E-state index contributed by atoms with van der Waals surface area (Å²) in [6, 6.07) is 6.86. The monoisotopic (exact) mass is 360 g/mol. The molecule has 7 heteroatoms. The summed E-state index contributed by atoms with van der Waals surface area (Å²) in [6.07, 6.45) is 4.30. The Morgan fingerprint density at radius 2 is 2.19 bits per heavy atom. The zero-order chi connectivity index (χ0) is 14.8. The molecule has 3 heterocycles. The summed E-state index contributed by atoms with van der Waals surface area (Å²) < 4.78 is 13.8. The van der Waals surface area contributed by atoms with Crippen molar-refractivity contribution in [1.29, 1.82) is 5.26 Å². The Morgan fingerprint density at radius 3 is 2.95 bits per heavy atom. The van der Waals surface area contributed by atoms with Gasteiger partial charge in [0.25, 0.3) is 0 Å². The highest BCUT2D eigenvalue weighted by Crippen LogP contribution is 2.38. The summed E-state index contributed by atoms with van der Waals surface area (Å²) in [4.78, 5) is 13.1. The molecule has 0 aliphatic carbocycles. The molecule has 3 aromatic heterocycles. The summed E-state index contributed by atoms with van der Waals surface area (Å²) in [5.74, 6) is -0.420. The van der Waals surface area contributed by atoms with Gasteiger partial charge in [0.05, 0.1) is 16.6 Å². The number of pyridine rings is 2. The van der Waals surface area contributed by atoms with Gasteiger partial charge >= 0.3 is 0 Å². The van der Waals surface area contributed by atoms with Crippen molar-refractivity contribution in [3.8, 4) is 27.2 Å². The van der Waals surface area contributed by atoms with Crippen LogP contribution in [-0.2, 0) is 0 Å². The Bertz CT molecular complexity index is 856. The minimum absolute atomic E-state index is 0.420. The molecule has 0 aromatic carbocycles. The lowest BCUT2D eigenvalue weighted by Gasteiger charge is -1.98. The first kappa shape index (κ1) is 13.8. The number of hydrogen-bond donors (Lipinski definition) is 0. The molecule has 4 nitrogen and oxygen atoms in total. The largest absolute Gasteiger partial charge is 0.261 e. The number of nitrogens with zero attached hydrogens (tertiary/aromatic N) is 4. The van der Waals surface area contributed by atoms with Crippen LogP contribution in [0.5, 0.6) is 0 Å². The van der Waals surface area contributed by atoms with Crippen molar-refractivity contribution in [2.24, 2.45) is 0 Å². The number of hydrogen-bond acceptors (Lipinski definition) is 5. The molecule has 0 fully saturated rings. The van der Waals surface area contributed by atoms with Crippen LogP contribution in [0.4, 0.5) is 4.39 Å². The van der Waals surface area contributed by atoms with E-state index in [0.29, 0.717) is 26.4 Å². The summed E-state index contributed by atoms with van der Waals surface area (Å²) in [6.45, 7) is 0. The van der Waals surface area contributed by atoms with Gasteiger partial charge in [-0.25, -0.2) is 9.37 Å². The second-order valence-electron chi connectivity index (χ2n) is 4.04. The van der Waals surface area contributed by atoms with E-state index in [2.05, 4.69) is 37.0 Å². The Hall–Kier alpha value is -2.17. The van der Waals surface area contributed by atoms with Crippen molar-refractivity contribution in [2.45, 2.75) is 0 Å². The number of nitriles is 1. The van der Waals surface area contributed by atoms with Gasteiger partial charge in [-0.3, -0.25) is 9.97 Å². The zero-order valence-corrected chi connectivity index (χ0v) is 12.8. The maximum Gasteiger partial charge on any atom is 0.142 e. The van der Waals surface area contributed by atoms with Crippen LogP contribution < -0.4 is 0 Å². The van der Waals surface area contributed by atoms with Crippen molar-refractivity contribution < 1.29 is 4.39 Å². The highest BCUT2D eigenvalue weighted by atomic mass is 79.9. The van der Waals surface area contributed by atoms with Crippen LogP contribution in [0.2, 0.25) is 0 Å². The highest BCUT2D eigenvalue weighted by Gasteiger charge is 2.16. The van der Waals surface area contributed by atoms with Crippen LogP contribution >= 0.6 is 27.3 Å². The number of rotatable bonds is 2. The van der Waals surface area contributed by atoms with Crippen molar-refractivity contribution >= 4 is 27.3 Å². The smallest absolute Gasteiger partial charge is 0.142 e. The van der Waals surface area contributed by atoms with Gasteiger partial charge in [0.2, 0.25) is 0 Å². The molecule has 0 aliphatic heterocycles. The van der Waals surface area contributed by atoms with Crippen molar-refractivity contribution in [1.82, 2.24) is 15.0 Å². The second-order valence-corrected chi connectivity index (χ2v) is 5.79. The summed E-state index contributed by atoms with van der Waals surface area (Å²) >= 11 is 4.69. The van der Waals surface area contributed by atoms with Crippen molar-refractivity contribution in [2.75, 3.05) is 0 Å². The fourth-order valence-electron chi connectivity index (χ4n) is 1.78. The van der Waals surface area contributed by atoms with E-state index >= 15 is 0 Å². The molecule has 102 valence electrons. The Balaban J connectivity index is 2.13. The van der Waals surface area contributed by atoms with Crippen LogP contribution in [0, 0.1) is 17.1 Å². The molecule has 0 radical (unpaired) electrons. The molecule has 21 heavy (non-hydrogen) atoms. The third-order valence-electron chi connectivity index (χ3n) is 2.68. The minimum atomic E-state index is -0.420. The van der Waals surface area contributed by atoms with Crippen LogP contribution in [0.25, 0.3) is 21.1 Å². The topological polar surface area (TPSA) is 62.5 Å². The van der Waals surface area contributed by atoms with Gasteiger partial charge in [-0.2, -0.15) is 5.26 Å². The first-order chi connectivity index (χ1) is 10.2. The zero-order valence-electron chi connectivity index (χ0n) is 10.4.